The van der Waals surface area contributed by atoms with Gasteiger partial charge in [0.1, 0.15) is 5.82 Å². The number of fused-ring (bicyclic) bond motifs is 1. The van der Waals surface area contributed by atoms with Crippen molar-refractivity contribution in [3.63, 3.8) is 0 Å². The van der Waals surface area contributed by atoms with Gasteiger partial charge in [-0.15, -0.1) is 0 Å². The largest absolute Gasteiger partial charge is 0.453 e. The van der Waals surface area contributed by atoms with Crippen molar-refractivity contribution < 1.29 is 17.9 Å². The van der Waals surface area contributed by atoms with Crippen LogP contribution < -0.4 is 0 Å². The summed E-state index contributed by atoms with van der Waals surface area (Å²) in [5.41, 5.74) is 1.43. The lowest BCUT2D eigenvalue weighted by Crippen LogP contribution is -2.37. The van der Waals surface area contributed by atoms with Gasteiger partial charge in [0.15, 0.2) is 0 Å². The SMILES string of the molecule is COC(=O)N1CCCN(S(=O)(=O)c2ccc3nc(C)[nH]c3c2)CC1. The molecule has 1 aliphatic rings. The first-order valence-electron chi connectivity index (χ1n) is 7.71. The summed E-state index contributed by atoms with van der Waals surface area (Å²) in [6.45, 7) is 3.24. The molecule has 1 aromatic carbocycles. The molecule has 2 aromatic rings. The summed E-state index contributed by atoms with van der Waals surface area (Å²) in [5.74, 6) is 0.739. The van der Waals surface area contributed by atoms with E-state index in [1.54, 1.807) is 18.2 Å². The molecule has 0 saturated carbocycles. The number of aromatic amines is 1. The van der Waals surface area contributed by atoms with Gasteiger partial charge in [0.05, 0.1) is 23.0 Å². The van der Waals surface area contributed by atoms with Crippen LogP contribution in [-0.4, -0.2) is 67.0 Å². The molecule has 1 amide bonds. The summed E-state index contributed by atoms with van der Waals surface area (Å²) in [7, 11) is -2.29. The average molecular weight is 352 g/mol. The van der Waals surface area contributed by atoms with Crippen molar-refractivity contribution in [1.29, 1.82) is 0 Å². The van der Waals surface area contributed by atoms with Crippen molar-refractivity contribution in [3.8, 4) is 0 Å². The summed E-state index contributed by atoms with van der Waals surface area (Å²) in [6, 6.07) is 4.87. The first kappa shape index (κ1) is 16.7. The number of benzene rings is 1. The lowest BCUT2D eigenvalue weighted by Gasteiger charge is -2.21. The fourth-order valence-electron chi connectivity index (χ4n) is 2.87. The number of rotatable bonds is 2. The Balaban J connectivity index is 1.84. The minimum Gasteiger partial charge on any atom is -0.453 e. The number of imidazole rings is 1. The van der Waals surface area contributed by atoms with Crippen molar-refractivity contribution in [2.24, 2.45) is 0 Å². The van der Waals surface area contributed by atoms with Crippen LogP contribution in [0.25, 0.3) is 11.0 Å². The number of carbonyl (C=O) groups excluding carboxylic acids is 1. The van der Waals surface area contributed by atoms with Crippen LogP contribution in [0.15, 0.2) is 23.1 Å². The van der Waals surface area contributed by atoms with E-state index in [4.69, 9.17) is 4.74 Å². The molecule has 2 heterocycles. The van der Waals surface area contributed by atoms with E-state index in [2.05, 4.69) is 9.97 Å². The van der Waals surface area contributed by atoms with Crippen LogP contribution in [-0.2, 0) is 14.8 Å². The predicted molar refractivity (Wildman–Crippen MR) is 88.2 cm³/mol. The Hall–Kier alpha value is -2.13. The van der Waals surface area contributed by atoms with E-state index in [0.717, 1.165) is 11.3 Å². The molecular formula is C15H20N4O4S. The van der Waals surface area contributed by atoms with Gasteiger partial charge in [-0.1, -0.05) is 0 Å². The Bertz CT molecular complexity index is 861. The molecule has 8 nitrogen and oxygen atoms in total. The Kier molecular flexibility index (Phi) is 4.46. The lowest BCUT2D eigenvalue weighted by atomic mass is 10.3. The number of amides is 1. The number of hydrogen-bond donors (Lipinski definition) is 1. The second-order valence-corrected chi connectivity index (χ2v) is 7.65. The van der Waals surface area contributed by atoms with Crippen LogP contribution in [0.1, 0.15) is 12.2 Å². The molecule has 0 aliphatic carbocycles. The maximum Gasteiger partial charge on any atom is 0.409 e. The molecule has 1 fully saturated rings. The van der Waals surface area contributed by atoms with Crippen molar-refractivity contribution in [2.75, 3.05) is 33.3 Å². The van der Waals surface area contributed by atoms with Crippen LogP contribution in [0.3, 0.4) is 0 Å². The molecule has 1 saturated heterocycles. The third-order valence-electron chi connectivity index (χ3n) is 4.10. The molecule has 24 heavy (non-hydrogen) atoms. The molecule has 1 aromatic heterocycles. The first-order valence-corrected chi connectivity index (χ1v) is 9.15. The molecule has 0 unspecified atom stereocenters. The monoisotopic (exact) mass is 352 g/mol. The minimum absolute atomic E-state index is 0.227. The smallest absolute Gasteiger partial charge is 0.409 e. The van der Waals surface area contributed by atoms with Gasteiger partial charge in [0.2, 0.25) is 10.0 Å². The van der Waals surface area contributed by atoms with Gasteiger partial charge in [0.25, 0.3) is 0 Å². The number of nitrogens with one attached hydrogen (secondary N) is 1. The summed E-state index contributed by atoms with van der Waals surface area (Å²) in [6.07, 6.45) is 0.142. The molecule has 130 valence electrons. The standard InChI is InChI=1S/C15H20N4O4S/c1-11-16-13-5-4-12(10-14(13)17-11)24(21,22)19-7-3-6-18(8-9-19)15(20)23-2/h4-5,10H,3,6-9H2,1-2H3,(H,16,17). The van der Waals surface area contributed by atoms with Gasteiger partial charge in [-0.3, -0.25) is 0 Å². The maximum absolute atomic E-state index is 12.9. The number of carbonyl (C=O) groups is 1. The van der Waals surface area contributed by atoms with Gasteiger partial charge in [-0.25, -0.2) is 18.2 Å². The van der Waals surface area contributed by atoms with E-state index in [-0.39, 0.29) is 11.4 Å². The second-order valence-electron chi connectivity index (χ2n) is 5.72. The number of sulfonamides is 1. The molecule has 1 N–H and O–H groups in total. The number of nitrogens with zero attached hydrogens (tertiary/aromatic N) is 3. The van der Waals surface area contributed by atoms with Gasteiger partial charge in [-0.05, 0) is 31.5 Å². The molecule has 0 bridgehead atoms. The van der Waals surface area contributed by atoms with E-state index in [1.165, 1.54) is 16.3 Å². The van der Waals surface area contributed by atoms with Crippen molar-refractivity contribution >= 4 is 27.1 Å². The summed E-state index contributed by atoms with van der Waals surface area (Å²) in [5, 5.41) is 0. The molecular weight excluding hydrogens is 332 g/mol. The Morgan fingerprint density at radius 1 is 1.25 bits per heavy atom. The van der Waals surface area contributed by atoms with E-state index in [1.807, 2.05) is 6.92 Å². The molecule has 9 heteroatoms. The zero-order chi connectivity index (χ0) is 17.3. The second kappa shape index (κ2) is 6.40. The molecule has 0 radical (unpaired) electrons. The third kappa shape index (κ3) is 3.09. The highest BCUT2D eigenvalue weighted by Gasteiger charge is 2.28. The predicted octanol–water partition coefficient (Wildman–Crippen LogP) is 1.33. The normalized spacial score (nSPS) is 17.0. The Morgan fingerprint density at radius 3 is 2.79 bits per heavy atom. The quantitative estimate of drug-likeness (QED) is 0.880. The first-order chi connectivity index (χ1) is 11.4. The highest BCUT2D eigenvalue weighted by Crippen LogP contribution is 2.22. The lowest BCUT2D eigenvalue weighted by molar-refractivity contribution is 0.126. The zero-order valence-corrected chi connectivity index (χ0v) is 14.5. The highest BCUT2D eigenvalue weighted by molar-refractivity contribution is 7.89. The summed E-state index contributed by atoms with van der Waals surface area (Å²) < 4.78 is 31.9. The van der Waals surface area contributed by atoms with Crippen molar-refractivity contribution in [2.45, 2.75) is 18.2 Å². The molecule has 0 atom stereocenters. The Labute approximate surface area is 140 Å². The van der Waals surface area contributed by atoms with Gasteiger partial charge in [0, 0.05) is 26.2 Å². The fraction of sp³-hybridized carbons (Fsp3) is 0.467. The molecule has 1 aliphatic heterocycles. The fourth-order valence-corrected chi connectivity index (χ4v) is 4.37. The van der Waals surface area contributed by atoms with Crippen LogP contribution in [0.5, 0.6) is 0 Å². The minimum atomic E-state index is -3.62. The van der Waals surface area contributed by atoms with E-state index in [9.17, 15) is 13.2 Å². The highest BCUT2D eigenvalue weighted by atomic mass is 32.2. The van der Waals surface area contributed by atoms with Crippen molar-refractivity contribution in [1.82, 2.24) is 19.2 Å². The van der Waals surface area contributed by atoms with E-state index >= 15 is 0 Å². The van der Waals surface area contributed by atoms with Crippen LogP contribution in [0.4, 0.5) is 4.79 Å². The summed E-state index contributed by atoms with van der Waals surface area (Å²) >= 11 is 0. The maximum atomic E-state index is 12.9. The van der Waals surface area contributed by atoms with Gasteiger partial charge < -0.3 is 14.6 Å². The van der Waals surface area contributed by atoms with Crippen LogP contribution in [0.2, 0.25) is 0 Å². The summed E-state index contributed by atoms with van der Waals surface area (Å²) in [4.78, 5) is 20.7. The number of methoxy groups -OCH3 is 1. The number of hydrogen-bond acceptors (Lipinski definition) is 5. The number of H-pyrrole nitrogens is 1. The van der Waals surface area contributed by atoms with E-state index < -0.39 is 16.1 Å². The van der Waals surface area contributed by atoms with Crippen molar-refractivity contribution in [3.05, 3.63) is 24.0 Å². The molecule has 3 rings (SSSR count). The van der Waals surface area contributed by atoms with E-state index in [0.29, 0.717) is 31.6 Å². The van der Waals surface area contributed by atoms with Crippen LogP contribution in [0, 0.1) is 6.92 Å². The number of aryl methyl sites for hydroxylation is 1. The van der Waals surface area contributed by atoms with Crippen LogP contribution >= 0.6 is 0 Å². The van der Waals surface area contributed by atoms with Gasteiger partial charge in [-0.2, -0.15) is 4.31 Å². The zero-order valence-electron chi connectivity index (χ0n) is 13.7. The molecule has 0 spiro atoms. The van der Waals surface area contributed by atoms with Gasteiger partial charge >= 0.3 is 6.09 Å². The number of ether oxygens (including phenoxy) is 1. The average Bonchev–Trinajstić information content (AvgIpc) is 2.77. The number of aromatic nitrogens is 2. The Morgan fingerprint density at radius 2 is 2.04 bits per heavy atom. The third-order valence-corrected chi connectivity index (χ3v) is 5.99. The topological polar surface area (TPSA) is 95.6 Å².